The van der Waals surface area contributed by atoms with E-state index in [4.69, 9.17) is 0 Å². The Hall–Kier alpha value is -3.01. The van der Waals surface area contributed by atoms with Gasteiger partial charge >= 0.3 is 71.1 Å². The third-order valence-corrected chi connectivity index (χ3v) is 17.0. The molecule has 2 aromatic carbocycles. The van der Waals surface area contributed by atoms with E-state index in [2.05, 4.69) is 17.1 Å². The number of nitrogens with one attached hydrogen (secondary N) is 1. The summed E-state index contributed by atoms with van der Waals surface area (Å²) in [5.41, 5.74) is 9.16. The number of carbonyl (C=O) groups is 4. The number of Topliss-reactive ketones (excluding diaryl/α,β-unsaturated/α-hetero) is 1. The molecule has 0 unspecified atom stereocenters. The first-order chi connectivity index (χ1) is 33.4. The van der Waals surface area contributed by atoms with E-state index in [1.54, 1.807) is 0 Å². The van der Waals surface area contributed by atoms with Crippen LogP contribution in [-0.2, 0) is 60.4 Å². The van der Waals surface area contributed by atoms with Crippen molar-refractivity contribution in [2.24, 2.45) is 5.92 Å². The van der Waals surface area contributed by atoms with E-state index in [0.717, 1.165) is 38.6 Å². The van der Waals surface area contributed by atoms with Gasteiger partial charge in [-0.1, -0.05) is 43.7 Å². The molecule has 0 bridgehead atoms. The molecule has 0 saturated heterocycles. The summed E-state index contributed by atoms with van der Waals surface area (Å²) in [7, 11) is -13.8. The van der Waals surface area contributed by atoms with Crippen molar-refractivity contribution in [2.45, 2.75) is 114 Å². The van der Waals surface area contributed by atoms with Gasteiger partial charge in [-0.2, -0.15) is 4.58 Å². The molecule has 25 heteroatoms. The molecule has 6 N–H and O–H groups in total. The smallest absolute Gasteiger partial charge is 0.748 e. The van der Waals surface area contributed by atoms with E-state index in [0.29, 0.717) is 36.2 Å². The van der Waals surface area contributed by atoms with Crippen molar-refractivity contribution in [1.82, 2.24) is 5.32 Å². The molecule has 19 nitrogen and oxygen atoms in total. The van der Waals surface area contributed by atoms with Crippen LogP contribution >= 0.6 is 11.8 Å². The van der Waals surface area contributed by atoms with Crippen LogP contribution < -0.4 is 75.1 Å². The molecule has 5 rings (SSSR count). The number of carboxylic acid groups (broad SMARTS) is 2. The largest absolute Gasteiger partial charge is 1.00 e. The molecule has 394 valence electrons. The van der Waals surface area contributed by atoms with Crippen molar-refractivity contribution in [3.63, 3.8) is 0 Å². The van der Waals surface area contributed by atoms with E-state index in [1.165, 1.54) is 30.0 Å². The summed E-state index contributed by atoms with van der Waals surface area (Å²) in [6.45, 7) is 9.51. The van der Waals surface area contributed by atoms with Gasteiger partial charge in [-0.05, 0) is 93.9 Å². The second kappa shape index (κ2) is 27.0. The zero-order valence-electron chi connectivity index (χ0n) is 43.0. The molecule has 2 heterocycles. The molecule has 1 aliphatic carbocycles. The van der Waals surface area contributed by atoms with Gasteiger partial charge in [0.1, 0.15) is 29.0 Å². The van der Waals surface area contributed by atoms with E-state index in [1.807, 2.05) is 80.5 Å². The fraction of sp³-hybridized carbons (Fsp3) is 0.490. The van der Waals surface area contributed by atoms with Crippen molar-refractivity contribution in [1.29, 1.82) is 0 Å². The van der Waals surface area contributed by atoms with Gasteiger partial charge in [-0.15, -0.1) is 11.8 Å². The number of thioether (sulfide) groups is 1. The first-order valence-corrected chi connectivity index (χ1v) is 29.0. The molecule has 3 aliphatic rings. The van der Waals surface area contributed by atoms with Crippen LogP contribution in [0, 0.1) is 12.8 Å². The van der Waals surface area contributed by atoms with Crippen LogP contribution in [0.2, 0.25) is 0 Å². The minimum Gasteiger partial charge on any atom is -0.748 e. The van der Waals surface area contributed by atoms with E-state index < -0.39 is 99.7 Å². The van der Waals surface area contributed by atoms with Crippen molar-refractivity contribution < 1.29 is 138 Å². The van der Waals surface area contributed by atoms with Crippen molar-refractivity contribution in [3.05, 3.63) is 99.1 Å². The fourth-order valence-corrected chi connectivity index (χ4v) is 12.2. The summed E-state index contributed by atoms with van der Waals surface area (Å²) in [4.78, 5) is 52.2. The number of amides is 1. The average Bonchev–Trinajstić information content (AvgIpc) is 3.61. The minimum absolute atomic E-state index is 0. The Bertz CT molecular complexity index is 2990. The van der Waals surface area contributed by atoms with Gasteiger partial charge in [-0.3, -0.25) is 14.4 Å². The first kappa shape index (κ1) is 65.3. The van der Waals surface area contributed by atoms with Crippen molar-refractivity contribution >= 4 is 82.8 Å². The van der Waals surface area contributed by atoms with Crippen LogP contribution in [0.25, 0.3) is 0 Å². The summed E-state index contributed by atoms with van der Waals surface area (Å²) in [5.74, 6) is -5.80. The number of rotatable bonds is 25. The third-order valence-electron chi connectivity index (χ3n) is 13.2. The number of ketones is 1. The topological polar surface area (TPSA) is 326 Å². The molecule has 0 fully saturated rings. The third kappa shape index (κ3) is 17.5. The molecule has 2 aromatic rings. The Balaban J connectivity index is 0.00000722. The number of carbonyl (C=O) groups excluding carboxylic acids is 2. The van der Waals surface area contributed by atoms with Crippen LogP contribution in [-0.4, -0.2) is 126 Å². The number of carboxylic acids is 2. The summed E-state index contributed by atoms with van der Waals surface area (Å²) in [5, 5.41) is 21.1. The van der Waals surface area contributed by atoms with Gasteiger partial charge in [0.05, 0.1) is 36.5 Å². The Kier molecular flexibility index (Phi) is 23.9. The second-order valence-electron chi connectivity index (χ2n) is 19.4. The molecule has 2 aliphatic heterocycles. The zero-order valence-corrected chi connectivity index (χ0v) is 50.2. The predicted octanol–water partition coefficient (Wildman–Crippen LogP) is -1.87. The number of quaternary nitrogens is 1. The van der Waals surface area contributed by atoms with Crippen molar-refractivity contribution in [2.75, 3.05) is 41.8 Å². The molecule has 0 aromatic heterocycles. The number of hydrogen-bond donors (Lipinski definition) is 4. The molecule has 0 spiro atoms. The number of benzene rings is 2. The molecule has 74 heavy (non-hydrogen) atoms. The number of anilines is 1. The van der Waals surface area contributed by atoms with Crippen molar-refractivity contribution in [3.8, 4) is 0 Å². The average molecular weight is 1120 g/mol. The number of nitrogens with zero attached hydrogens (tertiary/aromatic N) is 2. The van der Waals surface area contributed by atoms with Gasteiger partial charge < -0.3 is 39.8 Å². The predicted molar refractivity (Wildman–Crippen MR) is 268 cm³/mol. The van der Waals surface area contributed by atoms with E-state index in [9.17, 15) is 68.3 Å². The first-order valence-electron chi connectivity index (χ1n) is 23.4. The second-order valence-corrected chi connectivity index (χ2v) is 24.9. The standard InChI is InChI=1S/C49H64N4O15S4.2Na/c1-31-12-18-40-37(26-31)48(2,3)42(53(40)23-9-25-71(63,64)65)20-13-32-10-8-11-33(45(32)69-30-34(46(57)51-29-44(55)56)27-35(54)15-17-39(50)47(58)59)14-21-43-49(4,5)38-28-36(72(66,67)68)16-19-41(38)52(43)22-6-7-24-70(60,61)62;;/h12-14,16,18-21,26,28,34,39H,6-11,15,17,22-25,27,29-30,50H2,1-5H3,(H5-,51,55,56,57,58,59,60,61,62,63,64,65,66,67,68);;/q;2*+1/p-1/t34-,39-;;/m0../s1. The van der Waals surface area contributed by atoms with Crippen LogP contribution in [0.1, 0.15) is 102 Å². The maximum atomic E-state index is 13.6. The van der Waals surface area contributed by atoms with Crippen LogP contribution in [0.15, 0.2) is 87.3 Å². The maximum Gasteiger partial charge on any atom is 1.00 e. The summed E-state index contributed by atoms with van der Waals surface area (Å²) >= 11 is 1.28. The quantitative estimate of drug-likeness (QED) is 0.0366. The Morgan fingerprint density at radius 1 is 0.865 bits per heavy atom. The number of unbranched alkanes of at least 4 members (excludes halogenated alkanes) is 1. The molecular formula is C49H63N4Na2O15S4+. The SMILES string of the molecule is Cc1ccc2c(c1)C(C)(C)C(=CC=C1CCCC(C=CC3=[N+](CCCCS(=O)(=O)[O-])c4ccc(S(=O)(=O)[O-])cc4C3(C)C)=C1SC[C@H](CC(=O)CC[C@H]([NH3+])C(=O)O)C(=O)NCC(=O)O)N2CCCS(=O)(=O)[O-].[Na+].[Na+]. The van der Waals surface area contributed by atoms with Crippen LogP contribution in [0.4, 0.5) is 11.4 Å². The van der Waals surface area contributed by atoms with Gasteiger partial charge in [-0.25, -0.2) is 30.0 Å². The van der Waals surface area contributed by atoms with Gasteiger partial charge in [0.25, 0.3) is 0 Å². The minimum atomic E-state index is -4.85. The van der Waals surface area contributed by atoms with Gasteiger partial charge in [0.2, 0.25) is 11.6 Å². The molecular weight excluding hydrogens is 1060 g/mol. The van der Waals surface area contributed by atoms with Gasteiger partial charge in [0.15, 0.2) is 11.8 Å². The molecule has 0 radical (unpaired) electrons. The molecule has 0 saturated carbocycles. The normalized spacial score (nSPS) is 18.2. The van der Waals surface area contributed by atoms with Crippen LogP contribution in [0.3, 0.4) is 0 Å². The Morgan fingerprint density at radius 2 is 1.53 bits per heavy atom. The Morgan fingerprint density at radius 3 is 2.15 bits per heavy atom. The molecule has 1 amide bonds. The summed E-state index contributed by atoms with van der Waals surface area (Å²) < 4.78 is 108. The monoisotopic (exact) mass is 1120 g/mol. The summed E-state index contributed by atoms with van der Waals surface area (Å²) in [6, 6.07) is 8.97. The number of hydrogen-bond acceptors (Lipinski definition) is 15. The number of aryl methyl sites for hydroxylation is 1. The number of aliphatic carboxylic acids is 2. The Labute approximate surface area is 482 Å². The van der Waals surface area contributed by atoms with E-state index >= 15 is 0 Å². The fourth-order valence-electron chi connectivity index (χ4n) is 9.35. The number of allylic oxidation sites excluding steroid dienone is 7. The van der Waals surface area contributed by atoms with Crippen LogP contribution in [0.5, 0.6) is 0 Å². The maximum absolute atomic E-state index is 13.6. The zero-order chi connectivity index (χ0) is 53.6. The summed E-state index contributed by atoms with van der Waals surface area (Å²) in [6.07, 6.45) is 9.20. The van der Waals surface area contributed by atoms with E-state index in [-0.39, 0.29) is 116 Å². The number of fused-ring (bicyclic) bond motifs is 2. The van der Waals surface area contributed by atoms with Gasteiger partial charge in [0, 0.05) is 88.9 Å². The molecule has 2 atom stereocenters.